The van der Waals surface area contributed by atoms with Gasteiger partial charge in [0.15, 0.2) is 0 Å². The molecule has 0 bridgehead atoms. The molecule has 0 aliphatic carbocycles. The molecule has 3 aromatic heterocycles. The van der Waals surface area contributed by atoms with Gasteiger partial charge < -0.3 is 18.9 Å². The number of rotatable bonds is 10. The topological polar surface area (TPSA) is 42.1 Å². The third-order valence-corrected chi connectivity index (χ3v) is 16.2. The lowest BCUT2D eigenvalue weighted by Crippen LogP contribution is -2.11. The molecule has 0 spiro atoms. The molecule has 16 aromatic rings. The summed E-state index contributed by atoms with van der Waals surface area (Å²) in [5.74, 6) is 0. The third-order valence-electron chi connectivity index (χ3n) is 16.2. The van der Waals surface area contributed by atoms with Crippen LogP contribution in [0.3, 0.4) is 0 Å². The minimum atomic E-state index is 0.820. The van der Waals surface area contributed by atoms with Crippen molar-refractivity contribution in [3.63, 3.8) is 0 Å². The second kappa shape index (κ2) is 19.4. The zero-order valence-corrected chi connectivity index (χ0v) is 44.6. The van der Waals surface area contributed by atoms with Crippen LogP contribution in [-0.4, -0.2) is 19.1 Å². The van der Waals surface area contributed by atoms with Crippen molar-refractivity contribution < 1.29 is 0 Å². The normalized spacial score (nSPS) is 11.7. The molecule has 0 saturated carbocycles. The number of fused-ring (bicyclic) bond motifs is 9. The standard InChI is InChI=1S/C76H50N6/c1-5-23-51(24-6-1)79(55-43-46-73-65(49-55)61-33-15-19-40-70(61)81(73)53-27-9-3-10-28-53)69-42-22-35-58-60(69)36-21-37-63(58)75-76(78-68-39-18-17-38-67(68)77-75)64-45-48-72(59-32-14-13-31-57(59)64)80(52-25-7-2-8-26-52)56-44-47-74-66(50-56)62-34-16-20-41-71(62)82(74)54-29-11-4-12-30-54/h1-50H. The van der Waals surface area contributed by atoms with Gasteiger partial charge >= 0.3 is 0 Å². The van der Waals surface area contributed by atoms with Gasteiger partial charge in [0, 0.05) is 77.6 Å². The predicted molar refractivity (Wildman–Crippen MR) is 343 cm³/mol. The van der Waals surface area contributed by atoms with Gasteiger partial charge in [-0.1, -0.05) is 176 Å². The van der Waals surface area contributed by atoms with Crippen molar-refractivity contribution in [2.75, 3.05) is 9.80 Å². The molecule has 16 rings (SSSR count). The third kappa shape index (κ3) is 7.65. The highest BCUT2D eigenvalue weighted by atomic mass is 15.2. The summed E-state index contributed by atoms with van der Waals surface area (Å²) < 4.78 is 4.74. The molecule has 6 nitrogen and oxygen atoms in total. The van der Waals surface area contributed by atoms with E-state index in [-0.39, 0.29) is 0 Å². The fraction of sp³-hybridized carbons (Fsp3) is 0. The summed E-state index contributed by atoms with van der Waals surface area (Å²) in [6, 6.07) is 109. The monoisotopic (exact) mass is 1050 g/mol. The molecule has 0 aliphatic rings. The van der Waals surface area contributed by atoms with E-state index in [2.05, 4.69) is 310 Å². The van der Waals surface area contributed by atoms with Gasteiger partial charge in [0.05, 0.1) is 55.9 Å². The van der Waals surface area contributed by atoms with E-state index in [4.69, 9.17) is 9.97 Å². The van der Waals surface area contributed by atoms with Crippen LogP contribution in [-0.2, 0) is 0 Å². The van der Waals surface area contributed by atoms with Gasteiger partial charge in [-0.05, 0) is 138 Å². The van der Waals surface area contributed by atoms with E-state index in [1.54, 1.807) is 0 Å². The second-order valence-electron chi connectivity index (χ2n) is 20.9. The average Bonchev–Trinajstić information content (AvgIpc) is 3.55. The van der Waals surface area contributed by atoms with E-state index in [1.165, 1.54) is 32.6 Å². The van der Waals surface area contributed by atoms with Crippen molar-refractivity contribution in [3.05, 3.63) is 303 Å². The maximum absolute atomic E-state index is 5.60. The molecule has 0 saturated heterocycles. The molecule has 0 radical (unpaired) electrons. The molecule has 0 atom stereocenters. The minimum absolute atomic E-state index is 0.820. The first-order valence-electron chi connectivity index (χ1n) is 27.9. The number of aromatic nitrogens is 4. The van der Waals surface area contributed by atoms with E-state index < -0.39 is 0 Å². The first-order valence-corrected chi connectivity index (χ1v) is 27.9. The van der Waals surface area contributed by atoms with Crippen LogP contribution in [0.2, 0.25) is 0 Å². The van der Waals surface area contributed by atoms with Crippen molar-refractivity contribution >= 4 is 110 Å². The smallest absolute Gasteiger partial charge is 0.0979 e. The highest BCUT2D eigenvalue weighted by Gasteiger charge is 2.25. The highest BCUT2D eigenvalue weighted by molar-refractivity contribution is 6.15. The minimum Gasteiger partial charge on any atom is -0.310 e. The maximum Gasteiger partial charge on any atom is 0.0979 e. The van der Waals surface area contributed by atoms with Crippen LogP contribution >= 0.6 is 0 Å². The number of benzene rings is 13. The maximum atomic E-state index is 5.60. The van der Waals surface area contributed by atoms with Crippen LogP contribution in [0.4, 0.5) is 34.1 Å². The molecule has 82 heavy (non-hydrogen) atoms. The average molecular weight is 1050 g/mol. The molecule has 0 unspecified atom stereocenters. The summed E-state index contributed by atoms with van der Waals surface area (Å²) in [6.45, 7) is 0. The van der Waals surface area contributed by atoms with Crippen LogP contribution in [0, 0.1) is 0 Å². The van der Waals surface area contributed by atoms with E-state index in [9.17, 15) is 0 Å². The van der Waals surface area contributed by atoms with Crippen LogP contribution in [0.5, 0.6) is 0 Å². The van der Waals surface area contributed by atoms with Crippen molar-refractivity contribution in [2.24, 2.45) is 0 Å². The number of nitrogens with zero attached hydrogens (tertiary/aromatic N) is 6. The van der Waals surface area contributed by atoms with E-state index in [0.717, 1.165) is 112 Å². The number of hydrogen-bond acceptors (Lipinski definition) is 4. The van der Waals surface area contributed by atoms with E-state index in [1.807, 2.05) is 12.1 Å². The summed E-state index contributed by atoms with van der Waals surface area (Å²) in [7, 11) is 0. The summed E-state index contributed by atoms with van der Waals surface area (Å²) in [5, 5.41) is 9.14. The first-order chi connectivity index (χ1) is 40.7. The molecule has 3 heterocycles. The fourth-order valence-electron chi connectivity index (χ4n) is 12.7. The highest BCUT2D eigenvalue weighted by Crippen LogP contribution is 2.48. The molecule has 384 valence electrons. The Balaban J connectivity index is 0.874. The van der Waals surface area contributed by atoms with Gasteiger partial charge in [-0.2, -0.15) is 0 Å². The molecular weight excluding hydrogens is 997 g/mol. The fourth-order valence-corrected chi connectivity index (χ4v) is 12.7. The Labute approximate surface area is 473 Å². The van der Waals surface area contributed by atoms with Gasteiger partial charge in [0.2, 0.25) is 0 Å². The summed E-state index contributed by atoms with van der Waals surface area (Å²) in [4.78, 5) is 16.0. The summed E-state index contributed by atoms with van der Waals surface area (Å²) in [5.41, 5.74) is 18.6. The van der Waals surface area contributed by atoms with Gasteiger partial charge in [-0.3, -0.25) is 0 Å². The van der Waals surface area contributed by atoms with Crippen molar-refractivity contribution in [3.8, 4) is 33.9 Å². The van der Waals surface area contributed by atoms with Crippen molar-refractivity contribution in [2.45, 2.75) is 0 Å². The van der Waals surface area contributed by atoms with Gasteiger partial charge in [-0.25, -0.2) is 9.97 Å². The number of hydrogen-bond donors (Lipinski definition) is 0. The van der Waals surface area contributed by atoms with Gasteiger partial charge in [0.1, 0.15) is 0 Å². The molecule has 13 aromatic carbocycles. The lowest BCUT2D eigenvalue weighted by atomic mass is 9.93. The molecular formula is C76H50N6. The Bertz CT molecular complexity index is 4830. The summed E-state index contributed by atoms with van der Waals surface area (Å²) >= 11 is 0. The van der Waals surface area contributed by atoms with Gasteiger partial charge in [-0.15, -0.1) is 0 Å². The lowest BCUT2D eigenvalue weighted by Gasteiger charge is -2.28. The van der Waals surface area contributed by atoms with Crippen LogP contribution in [0.1, 0.15) is 0 Å². The van der Waals surface area contributed by atoms with Crippen molar-refractivity contribution in [1.82, 2.24) is 19.1 Å². The Morgan fingerprint density at radius 2 is 0.598 bits per heavy atom. The summed E-state index contributed by atoms with van der Waals surface area (Å²) in [6.07, 6.45) is 0. The van der Waals surface area contributed by atoms with Crippen LogP contribution in [0.15, 0.2) is 303 Å². The Morgan fingerprint density at radius 1 is 0.232 bits per heavy atom. The molecule has 0 aliphatic heterocycles. The number of anilines is 6. The first kappa shape index (κ1) is 47.0. The number of para-hydroxylation sites is 8. The quantitative estimate of drug-likeness (QED) is 0.137. The molecule has 0 N–H and O–H groups in total. The SMILES string of the molecule is c1ccc(N(c2ccc3c(c2)c2ccccc2n3-c2ccccc2)c2cccc3c(-c4nc5ccccc5nc4-c4ccc(N(c5ccccc5)c5ccc6c(c5)c5ccccc5n6-c5ccccc5)c5ccccc45)cccc23)cc1. The Hall–Kier alpha value is -11.1. The van der Waals surface area contributed by atoms with Crippen LogP contribution in [0.25, 0.3) is 110 Å². The predicted octanol–water partition coefficient (Wildman–Crippen LogP) is 20.4. The Kier molecular flexibility index (Phi) is 11.1. The van der Waals surface area contributed by atoms with Gasteiger partial charge in [0.25, 0.3) is 0 Å². The van der Waals surface area contributed by atoms with E-state index >= 15 is 0 Å². The van der Waals surface area contributed by atoms with Crippen LogP contribution < -0.4 is 9.80 Å². The molecule has 0 fully saturated rings. The van der Waals surface area contributed by atoms with Crippen molar-refractivity contribution in [1.29, 1.82) is 0 Å². The largest absolute Gasteiger partial charge is 0.310 e. The molecule has 0 amide bonds. The zero-order chi connectivity index (χ0) is 54.1. The second-order valence-corrected chi connectivity index (χ2v) is 20.9. The zero-order valence-electron chi connectivity index (χ0n) is 44.6. The van der Waals surface area contributed by atoms with E-state index in [0.29, 0.717) is 0 Å². The molecule has 6 heteroatoms. The lowest BCUT2D eigenvalue weighted by molar-refractivity contribution is 1.18. The Morgan fingerprint density at radius 3 is 1.11 bits per heavy atom.